The fourth-order valence-corrected chi connectivity index (χ4v) is 9.31. The number of hydrogen-bond donors (Lipinski definition) is 0. The van der Waals surface area contributed by atoms with E-state index >= 15 is 0 Å². The molecule has 0 bridgehead atoms. The van der Waals surface area contributed by atoms with Crippen molar-refractivity contribution in [3.63, 3.8) is 0 Å². The summed E-state index contributed by atoms with van der Waals surface area (Å²) in [6.07, 6.45) is 0. The second-order valence-corrected chi connectivity index (χ2v) is 15.6. The van der Waals surface area contributed by atoms with Crippen molar-refractivity contribution in [1.29, 1.82) is 0 Å². The Bertz CT molecular complexity index is 3050. The second-order valence-electron chi connectivity index (χ2n) is 14.7. The molecule has 0 unspecified atom stereocenters. The van der Waals surface area contributed by atoms with Crippen LogP contribution in [0.2, 0.25) is 0 Å². The SMILES string of the molecule is CC1(C)c2cc(-c3ccc4c(c3)c3cc(-c5nc(-c6ccccc6)nc(-c6ccccc6)n5)ccc3n4-c3ccccc3)ccc2-c2c1ccc1ncsc21. The monoisotopic (exact) mass is 723 g/mol. The van der Waals surface area contributed by atoms with Crippen molar-refractivity contribution >= 4 is 43.4 Å². The molecule has 0 amide bonds. The lowest BCUT2D eigenvalue weighted by molar-refractivity contribution is 0.661. The highest BCUT2D eigenvalue weighted by Gasteiger charge is 2.37. The van der Waals surface area contributed by atoms with Crippen LogP contribution in [0.1, 0.15) is 25.0 Å². The van der Waals surface area contributed by atoms with Crippen LogP contribution in [0.4, 0.5) is 0 Å². The topological polar surface area (TPSA) is 56.5 Å². The van der Waals surface area contributed by atoms with E-state index in [0.29, 0.717) is 17.5 Å². The van der Waals surface area contributed by atoms with Crippen molar-refractivity contribution in [2.75, 3.05) is 0 Å². The summed E-state index contributed by atoms with van der Waals surface area (Å²) in [5.41, 5.74) is 16.9. The highest BCUT2D eigenvalue weighted by molar-refractivity contribution is 7.17. The van der Waals surface area contributed by atoms with E-state index in [4.69, 9.17) is 15.0 Å². The number of para-hydroxylation sites is 1. The standard InChI is InChI=1S/C49H33N5S/c1-49(2)39-22-23-41-45(55-29-50-41)44(39)36-21-18-33(28-40(36)49)32-19-24-42-37(26-32)38-27-34(20-25-43(38)54(42)35-16-10-5-11-17-35)48-52-46(30-12-6-3-7-13-30)51-47(53-48)31-14-8-4-9-15-31/h3-29H,1-2H3. The molecular formula is C49H33N5S. The van der Waals surface area contributed by atoms with Crippen LogP contribution in [0.15, 0.2) is 163 Å². The Hall–Kier alpha value is -6.76. The minimum Gasteiger partial charge on any atom is -0.309 e. The van der Waals surface area contributed by atoms with Crippen LogP contribution in [-0.2, 0) is 5.41 Å². The van der Waals surface area contributed by atoms with Crippen LogP contribution in [0, 0.1) is 0 Å². The van der Waals surface area contributed by atoms with Crippen LogP contribution < -0.4 is 0 Å². The van der Waals surface area contributed by atoms with Gasteiger partial charge in [0, 0.05) is 44.1 Å². The number of benzene rings is 7. The molecule has 0 fully saturated rings. The summed E-state index contributed by atoms with van der Waals surface area (Å²) in [6.45, 7) is 4.69. The van der Waals surface area contributed by atoms with Gasteiger partial charge < -0.3 is 4.57 Å². The average molecular weight is 724 g/mol. The van der Waals surface area contributed by atoms with Crippen molar-refractivity contribution in [2.24, 2.45) is 0 Å². The van der Waals surface area contributed by atoms with Crippen LogP contribution >= 0.6 is 11.3 Å². The van der Waals surface area contributed by atoms with E-state index in [-0.39, 0.29) is 5.41 Å². The zero-order chi connectivity index (χ0) is 36.7. The van der Waals surface area contributed by atoms with Gasteiger partial charge in [-0.05, 0) is 82.4 Å². The van der Waals surface area contributed by atoms with Gasteiger partial charge in [-0.25, -0.2) is 19.9 Å². The zero-order valence-corrected chi connectivity index (χ0v) is 31.0. The Balaban J connectivity index is 1.10. The molecule has 0 aliphatic heterocycles. The van der Waals surface area contributed by atoms with Crippen LogP contribution in [-0.4, -0.2) is 24.5 Å². The molecule has 6 heteroatoms. The van der Waals surface area contributed by atoms with Crippen LogP contribution in [0.25, 0.3) is 94.1 Å². The number of rotatable bonds is 5. The van der Waals surface area contributed by atoms with Gasteiger partial charge in [0.2, 0.25) is 0 Å². The maximum atomic E-state index is 5.06. The molecule has 3 heterocycles. The molecule has 0 atom stereocenters. The summed E-state index contributed by atoms with van der Waals surface area (Å²) in [7, 11) is 0. The normalized spacial score (nSPS) is 13.1. The predicted molar refractivity (Wildman–Crippen MR) is 227 cm³/mol. The summed E-state index contributed by atoms with van der Waals surface area (Å²) in [6, 6.07) is 55.8. The summed E-state index contributed by atoms with van der Waals surface area (Å²) >= 11 is 1.73. The van der Waals surface area contributed by atoms with Crippen molar-refractivity contribution in [3.8, 4) is 62.1 Å². The number of nitrogens with zero attached hydrogens (tertiary/aromatic N) is 5. The molecular weight excluding hydrogens is 691 g/mol. The average Bonchev–Trinajstić information content (AvgIpc) is 3.92. The van der Waals surface area contributed by atoms with Gasteiger partial charge in [-0.1, -0.05) is 117 Å². The molecule has 55 heavy (non-hydrogen) atoms. The lowest BCUT2D eigenvalue weighted by Crippen LogP contribution is -2.14. The highest BCUT2D eigenvalue weighted by atomic mass is 32.1. The molecule has 260 valence electrons. The number of hydrogen-bond acceptors (Lipinski definition) is 5. The molecule has 5 nitrogen and oxygen atoms in total. The first-order chi connectivity index (χ1) is 27.0. The van der Waals surface area contributed by atoms with Gasteiger partial charge in [0.25, 0.3) is 0 Å². The van der Waals surface area contributed by atoms with E-state index in [0.717, 1.165) is 44.3 Å². The first-order valence-electron chi connectivity index (χ1n) is 18.5. The molecule has 11 rings (SSSR count). The third-order valence-corrected chi connectivity index (χ3v) is 12.1. The largest absolute Gasteiger partial charge is 0.309 e. The molecule has 0 saturated heterocycles. The van der Waals surface area contributed by atoms with Crippen LogP contribution in [0.5, 0.6) is 0 Å². The number of thiazole rings is 1. The van der Waals surface area contributed by atoms with Crippen LogP contribution in [0.3, 0.4) is 0 Å². The zero-order valence-electron chi connectivity index (χ0n) is 30.2. The van der Waals surface area contributed by atoms with E-state index < -0.39 is 0 Å². The highest BCUT2D eigenvalue weighted by Crippen LogP contribution is 2.53. The summed E-state index contributed by atoms with van der Waals surface area (Å²) in [5.74, 6) is 1.94. The van der Waals surface area contributed by atoms with Crippen molar-refractivity contribution in [1.82, 2.24) is 24.5 Å². The Kier molecular flexibility index (Phi) is 7.00. The van der Waals surface area contributed by atoms with E-state index in [2.05, 4.69) is 120 Å². The minimum absolute atomic E-state index is 0.122. The lowest BCUT2D eigenvalue weighted by Gasteiger charge is -2.22. The maximum Gasteiger partial charge on any atom is 0.164 e. The molecule has 0 spiro atoms. The quantitative estimate of drug-likeness (QED) is 0.177. The van der Waals surface area contributed by atoms with E-state index in [1.807, 2.05) is 66.2 Å². The smallest absolute Gasteiger partial charge is 0.164 e. The van der Waals surface area contributed by atoms with Crippen molar-refractivity contribution in [3.05, 3.63) is 174 Å². The van der Waals surface area contributed by atoms with Gasteiger partial charge in [-0.2, -0.15) is 0 Å². The summed E-state index contributed by atoms with van der Waals surface area (Å²) in [4.78, 5) is 19.7. The lowest BCUT2D eigenvalue weighted by atomic mass is 9.81. The Labute approximate surface area is 322 Å². The van der Waals surface area contributed by atoms with Gasteiger partial charge in [0.1, 0.15) is 0 Å². The van der Waals surface area contributed by atoms with Gasteiger partial charge in [-0.3, -0.25) is 0 Å². The molecule has 3 aromatic heterocycles. The van der Waals surface area contributed by atoms with Gasteiger partial charge in [0.15, 0.2) is 17.5 Å². The molecule has 0 radical (unpaired) electrons. The fraction of sp³-hybridized carbons (Fsp3) is 0.0612. The van der Waals surface area contributed by atoms with Gasteiger partial charge in [0.05, 0.1) is 26.8 Å². The summed E-state index contributed by atoms with van der Waals surface area (Å²) in [5, 5.41) is 2.32. The fourth-order valence-electron chi connectivity index (χ4n) is 8.46. The Morgan fingerprint density at radius 3 is 1.69 bits per heavy atom. The van der Waals surface area contributed by atoms with Crippen molar-refractivity contribution in [2.45, 2.75) is 19.3 Å². The maximum absolute atomic E-state index is 5.06. The van der Waals surface area contributed by atoms with Gasteiger partial charge in [-0.15, -0.1) is 11.3 Å². The number of aromatic nitrogens is 5. The van der Waals surface area contributed by atoms with Gasteiger partial charge >= 0.3 is 0 Å². The first kappa shape index (κ1) is 31.7. The molecule has 0 saturated carbocycles. The molecule has 1 aliphatic rings. The Morgan fingerprint density at radius 1 is 0.491 bits per heavy atom. The minimum atomic E-state index is -0.122. The predicted octanol–water partition coefficient (Wildman–Crippen LogP) is 12.6. The third-order valence-electron chi connectivity index (χ3n) is 11.2. The number of fused-ring (bicyclic) bond motifs is 8. The second kappa shape index (κ2) is 12.1. The first-order valence-corrected chi connectivity index (χ1v) is 19.4. The van der Waals surface area contributed by atoms with Crippen molar-refractivity contribution < 1.29 is 0 Å². The molecule has 10 aromatic rings. The Morgan fingerprint density at radius 2 is 1.04 bits per heavy atom. The van der Waals surface area contributed by atoms with E-state index in [1.54, 1.807) is 11.3 Å². The third kappa shape index (κ3) is 4.99. The molecule has 1 aliphatic carbocycles. The summed E-state index contributed by atoms with van der Waals surface area (Å²) < 4.78 is 3.63. The van der Waals surface area contributed by atoms with E-state index in [9.17, 15) is 0 Å². The molecule has 7 aromatic carbocycles. The van der Waals surface area contributed by atoms with E-state index in [1.165, 1.54) is 43.5 Å². The molecule has 0 N–H and O–H groups in total.